The molecule has 2 fully saturated rings. The molecule has 1 aromatic heterocycles. The second kappa shape index (κ2) is 21.0. The van der Waals surface area contributed by atoms with Gasteiger partial charge in [-0.1, -0.05) is 64.6 Å². The zero-order chi connectivity index (χ0) is 49.0. The Morgan fingerprint density at radius 3 is 2.43 bits per heavy atom. The van der Waals surface area contributed by atoms with E-state index >= 15 is 0 Å². The van der Waals surface area contributed by atoms with E-state index in [-0.39, 0.29) is 43.7 Å². The number of amides is 3. The molecule has 4 heterocycles. The van der Waals surface area contributed by atoms with Crippen LogP contribution in [-0.2, 0) is 66.0 Å². The summed E-state index contributed by atoms with van der Waals surface area (Å²) in [7, 11) is 4.92. The number of rotatable bonds is 13. The van der Waals surface area contributed by atoms with Gasteiger partial charge in [-0.25, -0.2) is 5.43 Å². The van der Waals surface area contributed by atoms with Crippen LogP contribution in [0.5, 0.6) is 5.75 Å². The van der Waals surface area contributed by atoms with Gasteiger partial charge in [0.25, 0.3) is 11.9 Å². The van der Waals surface area contributed by atoms with Crippen molar-refractivity contribution in [1.29, 1.82) is 0 Å². The number of methoxy groups -OCH3 is 2. The largest absolute Gasteiger partial charge is 0.508 e. The van der Waals surface area contributed by atoms with Crippen LogP contribution in [0, 0.1) is 16.2 Å². The molecule has 3 aromatic carbocycles. The lowest BCUT2D eigenvalue weighted by atomic mass is 9.83. The molecule has 0 saturated carbocycles. The number of phenolic OH excluding ortho intramolecular Hbond substituents is 1. The number of aromatic nitrogens is 1. The molecule has 6 bridgehead atoms. The van der Waals surface area contributed by atoms with E-state index in [9.17, 15) is 29.2 Å². The van der Waals surface area contributed by atoms with Crippen molar-refractivity contribution in [3.05, 3.63) is 94.4 Å². The topological polar surface area (TPSA) is 175 Å². The normalized spacial score (nSPS) is 20.2. The number of phenols is 1. The molecule has 68 heavy (non-hydrogen) atoms. The number of aryl methyl sites for hydroxylation is 1. The van der Waals surface area contributed by atoms with E-state index in [0.717, 1.165) is 49.3 Å². The van der Waals surface area contributed by atoms with Gasteiger partial charge in [-0.15, -0.1) is 5.01 Å². The zero-order valence-corrected chi connectivity index (χ0v) is 40.8. The first-order valence-corrected chi connectivity index (χ1v) is 23.7. The molecule has 3 N–H and O–H groups in total. The van der Waals surface area contributed by atoms with E-state index < -0.39 is 47.4 Å². The maximum Gasteiger partial charge on any atom is 0.324 e. The molecule has 4 atom stereocenters. The standard InChI is InChI=1S/C52H67N7O9/c1-10-45(61)56-21-19-38(28-56)59(65)55(7)47(32(3)4)49(62)53-43-24-33-22-37(25-39(60)23-33)34-17-18-44-40(26-34)41(27-52(5,6)31-68-51(64)42-16-13-20-58(54-42)50(43)63)48(57(44)11-2)46-35(29-66-8)14-12-15-36(46)30-67-9/h10,12,14-15,17-18,22-23,25-26,32,38,42-43,47,54H,1,11,13,16,19-21,24,27-31H2,2-9H3,(H-,53,60,62)/p+1/t38-,42-,43-,47-/m0/s1. The third kappa shape index (κ3) is 10.5. The fraction of sp³-hybridized carbons (Fsp3) is 0.500. The smallest absolute Gasteiger partial charge is 0.324 e. The molecule has 3 aliphatic rings. The van der Waals surface area contributed by atoms with E-state index in [0.29, 0.717) is 63.1 Å². The summed E-state index contributed by atoms with van der Waals surface area (Å²) in [5.41, 5.74) is 10.9. The van der Waals surface area contributed by atoms with Crippen LogP contribution in [0.3, 0.4) is 0 Å². The van der Waals surface area contributed by atoms with Gasteiger partial charge in [-0.05, 0) is 95.8 Å². The molecule has 0 radical (unpaired) electrons. The van der Waals surface area contributed by atoms with Crippen LogP contribution in [-0.4, -0.2) is 125 Å². The van der Waals surface area contributed by atoms with Crippen molar-refractivity contribution in [3.63, 3.8) is 0 Å². The number of benzene rings is 3. The van der Waals surface area contributed by atoms with Gasteiger partial charge in [-0.3, -0.25) is 24.2 Å². The molecular formula is C52H68N7O9+. The van der Waals surface area contributed by atoms with Crippen molar-refractivity contribution in [3.8, 4) is 28.1 Å². The number of aromatic hydroxyl groups is 1. The number of esters is 1. The van der Waals surface area contributed by atoms with Gasteiger partial charge in [0, 0.05) is 68.6 Å². The molecule has 7 rings (SSSR count). The molecule has 16 heteroatoms. The average Bonchev–Trinajstić information content (AvgIpc) is 3.92. The van der Waals surface area contributed by atoms with E-state index in [2.05, 4.69) is 66.9 Å². The predicted octanol–water partition coefficient (Wildman–Crippen LogP) is 6.08. The molecule has 364 valence electrons. The van der Waals surface area contributed by atoms with Crippen LogP contribution in [0.25, 0.3) is 33.3 Å². The minimum absolute atomic E-state index is 0.0170. The molecule has 3 amide bonds. The van der Waals surface area contributed by atoms with Gasteiger partial charge in [0.15, 0.2) is 6.04 Å². The third-order valence-corrected chi connectivity index (χ3v) is 13.5. The van der Waals surface area contributed by atoms with Crippen molar-refractivity contribution in [2.45, 2.75) is 111 Å². The number of cyclic esters (lactones) is 1. The van der Waals surface area contributed by atoms with Crippen LogP contribution < -0.4 is 10.7 Å². The summed E-state index contributed by atoms with van der Waals surface area (Å²) in [6.07, 6.45) is 3.09. The number of likely N-dealkylation sites (tertiary alicyclic amines) is 1. The highest BCUT2D eigenvalue weighted by atomic mass is 16.5. The number of nitroso groups, excluding NO2 is 1. The first-order chi connectivity index (χ1) is 32.5. The Labute approximate surface area is 399 Å². The summed E-state index contributed by atoms with van der Waals surface area (Å²) < 4.78 is 20.0. The highest BCUT2D eigenvalue weighted by Crippen LogP contribution is 2.43. The number of carbonyl (C=O) groups is 4. The van der Waals surface area contributed by atoms with Gasteiger partial charge in [0.2, 0.25) is 11.8 Å². The fourth-order valence-corrected chi connectivity index (χ4v) is 10.3. The lowest BCUT2D eigenvalue weighted by Crippen LogP contribution is -2.62. The minimum atomic E-state index is -1.18. The number of nitrogens with one attached hydrogen (secondary N) is 2. The molecule has 16 nitrogen and oxygen atoms in total. The first kappa shape index (κ1) is 49.8. The average molecular weight is 935 g/mol. The molecule has 4 aromatic rings. The van der Waals surface area contributed by atoms with Crippen molar-refractivity contribution in [1.82, 2.24) is 30.2 Å². The van der Waals surface area contributed by atoms with E-state index in [4.69, 9.17) is 14.2 Å². The monoisotopic (exact) mass is 935 g/mol. The number of hydrogen-bond donors (Lipinski definition) is 3. The number of hydrogen-bond acceptors (Lipinski definition) is 10. The third-order valence-electron chi connectivity index (χ3n) is 13.5. The van der Waals surface area contributed by atoms with Crippen molar-refractivity contribution < 1.29 is 43.4 Å². The van der Waals surface area contributed by atoms with Crippen LogP contribution in [0.4, 0.5) is 0 Å². The first-order valence-electron chi connectivity index (χ1n) is 23.7. The minimum Gasteiger partial charge on any atom is -0.508 e. The summed E-state index contributed by atoms with van der Waals surface area (Å²) in [5.74, 6) is -2.17. The van der Waals surface area contributed by atoms with Crippen LogP contribution in [0.1, 0.15) is 76.1 Å². The van der Waals surface area contributed by atoms with Gasteiger partial charge in [-0.2, -0.15) is 0 Å². The summed E-state index contributed by atoms with van der Waals surface area (Å²) in [6.45, 7) is 15.9. The van der Waals surface area contributed by atoms with E-state index in [1.807, 2.05) is 32.0 Å². The van der Waals surface area contributed by atoms with Crippen LogP contribution in [0.2, 0.25) is 0 Å². The lowest BCUT2D eigenvalue weighted by molar-refractivity contribution is -0.732. The van der Waals surface area contributed by atoms with Crippen LogP contribution in [0.15, 0.2) is 67.3 Å². The van der Waals surface area contributed by atoms with Crippen molar-refractivity contribution >= 4 is 34.6 Å². The van der Waals surface area contributed by atoms with Crippen molar-refractivity contribution in [2.24, 2.45) is 11.3 Å². The molecule has 3 aliphatic heterocycles. The van der Waals surface area contributed by atoms with Gasteiger partial charge in [0.05, 0.1) is 44.0 Å². The number of fused-ring (bicyclic) bond motifs is 6. The molecule has 0 spiro atoms. The molecule has 0 aliphatic carbocycles. The van der Waals surface area contributed by atoms with E-state index in [1.165, 1.54) is 16.1 Å². The van der Waals surface area contributed by atoms with Gasteiger partial charge < -0.3 is 34.1 Å². The Balaban J connectivity index is 1.33. The summed E-state index contributed by atoms with van der Waals surface area (Å²) in [5, 5.41) is 18.1. The fourth-order valence-electron chi connectivity index (χ4n) is 10.3. The predicted molar refractivity (Wildman–Crippen MR) is 259 cm³/mol. The maximum atomic E-state index is 14.7. The Morgan fingerprint density at radius 2 is 1.76 bits per heavy atom. The summed E-state index contributed by atoms with van der Waals surface area (Å²) >= 11 is 0. The summed E-state index contributed by atoms with van der Waals surface area (Å²) in [4.78, 5) is 71.8. The number of hydrazine groups is 2. The highest BCUT2D eigenvalue weighted by Gasteiger charge is 2.44. The molecule has 0 unspecified atom stereocenters. The Bertz CT molecular complexity index is 2540. The highest BCUT2D eigenvalue weighted by molar-refractivity contribution is 5.96. The van der Waals surface area contributed by atoms with Gasteiger partial charge >= 0.3 is 5.97 Å². The number of nitrogens with zero attached hydrogens (tertiary/aromatic N) is 5. The SMILES string of the molecule is C=CC(=O)N1CC[C@H]([N+](=O)N(C)[C@H](C(=O)N[C@H]2Cc3cc(O)cc(c3)-c3ccc4c(c3)c(c(-c3c(COC)cccc3COC)n4CC)CC(C)(C)COC(=O)[C@@H]3CCCN(N3)C2=O)C(C)C)C1. The Morgan fingerprint density at radius 1 is 1.04 bits per heavy atom. The maximum absolute atomic E-state index is 14.7. The Kier molecular flexibility index (Phi) is 15.4. The molecular weight excluding hydrogens is 867 g/mol. The van der Waals surface area contributed by atoms with Crippen molar-refractivity contribution in [2.75, 3.05) is 47.5 Å². The number of likely N-dealkylation sites (N-methyl/N-ethyl adjacent to an activating group) is 1. The lowest BCUT2D eigenvalue weighted by Gasteiger charge is -2.36. The Hall–Kier alpha value is -6.10. The van der Waals surface area contributed by atoms with E-state index in [1.54, 1.807) is 38.3 Å². The van der Waals surface area contributed by atoms with Crippen LogP contribution >= 0.6 is 0 Å². The number of carbonyl (C=O) groups excluding carboxylic acids is 4. The number of ether oxygens (including phenoxy) is 3. The summed E-state index contributed by atoms with van der Waals surface area (Å²) in [6, 6.07) is 14.1. The second-order valence-electron chi connectivity index (χ2n) is 19.5. The molecule has 2 saturated heterocycles. The van der Waals surface area contributed by atoms with Gasteiger partial charge in [0.1, 0.15) is 22.7 Å². The zero-order valence-electron chi connectivity index (χ0n) is 40.8. The quantitative estimate of drug-likeness (QED) is 0.0614. The second-order valence-corrected chi connectivity index (χ2v) is 19.5.